The summed E-state index contributed by atoms with van der Waals surface area (Å²) >= 11 is 7.75. The second kappa shape index (κ2) is 8.03. The number of amides is 1. The summed E-state index contributed by atoms with van der Waals surface area (Å²) in [4.78, 5) is 21.3. The fourth-order valence-corrected chi connectivity index (χ4v) is 3.78. The Morgan fingerprint density at radius 1 is 1.36 bits per heavy atom. The van der Waals surface area contributed by atoms with E-state index in [2.05, 4.69) is 20.1 Å². The molecule has 2 aromatic rings. The van der Waals surface area contributed by atoms with Gasteiger partial charge in [-0.2, -0.15) is 0 Å². The standard InChI is InChI=1S/C17H21ClN4O2S/c1-12(16(23)20-13-3-4-15(24-2)14(18)11-13)21-6-8-22(9-7-21)17-19-5-10-25-17/h3-5,10-12H,6-9H2,1-2H3,(H,20,23)/t12-/m0/s1. The number of piperazine rings is 1. The lowest BCUT2D eigenvalue weighted by Crippen LogP contribution is -2.52. The van der Waals surface area contributed by atoms with Crippen LogP contribution in [0.3, 0.4) is 0 Å². The van der Waals surface area contributed by atoms with E-state index in [9.17, 15) is 4.79 Å². The number of anilines is 2. The number of hydrogen-bond acceptors (Lipinski definition) is 6. The van der Waals surface area contributed by atoms with Gasteiger partial charge >= 0.3 is 0 Å². The second-order valence-electron chi connectivity index (χ2n) is 5.85. The van der Waals surface area contributed by atoms with Gasteiger partial charge in [0.1, 0.15) is 5.75 Å². The number of rotatable bonds is 5. The predicted molar refractivity (Wildman–Crippen MR) is 102 cm³/mol. The Balaban J connectivity index is 1.55. The van der Waals surface area contributed by atoms with Gasteiger partial charge < -0.3 is 15.0 Å². The summed E-state index contributed by atoms with van der Waals surface area (Å²) in [7, 11) is 1.56. The highest BCUT2D eigenvalue weighted by Crippen LogP contribution is 2.27. The lowest BCUT2D eigenvalue weighted by molar-refractivity contribution is -0.120. The zero-order chi connectivity index (χ0) is 17.8. The molecular formula is C17H21ClN4O2S. The molecule has 0 radical (unpaired) electrons. The van der Waals surface area contributed by atoms with Crippen molar-refractivity contribution in [3.8, 4) is 5.75 Å². The Morgan fingerprint density at radius 2 is 2.12 bits per heavy atom. The van der Waals surface area contributed by atoms with Crippen LogP contribution in [0.1, 0.15) is 6.92 Å². The maximum Gasteiger partial charge on any atom is 0.241 e. The number of nitrogens with one attached hydrogen (secondary N) is 1. The lowest BCUT2D eigenvalue weighted by atomic mass is 10.2. The van der Waals surface area contributed by atoms with Gasteiger partial charge in [-0.1, -0.05) is 11.6 Å². The number of hydrogen-bond donors (Lipinski definition) is 1. The van der Waals surface area contributed by atoms with E-state index in [1.54, 1.807) is 36.6 Å². The van der Waals surface area contributed by atoms with E-state index in [0.717, 1.165) is 31.3 Å². The smallest absolute Gasteiger partial charge is 0.241 e. The van der Waals surface area contributed by atoms with Crippen molar-refractivity contribution >= 4 is 39.7 Å². The van der Waals surface area contributed by atoms with Gasteiger partial charge in [-0.15, -0.1) is 11.3 Å². The molecule has 1 aromatic heterocycles. The summed E-state index contributed by atoms with van der Waals surface area (Å²) in [6.45, 7) is 5.34. The summed E-state index contributed by atoms with van der Waals surface area (Å²) in [5.41, 5.74) is 0.670. The van der Waals surface area contributed by atoms with Crippen molar-refractivity contribution in [2.75, 3.05) is 43.5 Å². The molecule has 1 atom stereocenters. The van der Waals surface area contributed by atoms with E-state index in [-0.39, 0.29) is 11.9 Å². The topological polar surface area (TPSA) is 57.7 Å². The van der Waals surface area contributed by atoms with E-state index < -0.39 is 0 Å². The first kappa shape index (κ1) is 18.0. The van der Waals surface area contributed by atoms with Gasteiger partial charge in [-0.25, -0.2) is 4.98 Å². The van der Waals surface area contributed by atoms with Crippen molar-refractivity contribution < 1.29 is 9.53 Å². The van der Waals surface area contributed by atoms with E-state index in [1.165, 1.54) is 0 Å². The number of thiazole rings is 1. The van der Waals surface area contributed by atoms with Crippen LogP contribution in [-0.4, -0.2) is 55.1 Å². The summed E-state index contributed by atoms with van der Waals surface area (Å²) in [5.74, 6) is 0.551. The van der Waals surface area contributed by atoms with E-state index >= 15 is 0 Å². The number of ether oxygens (including phenoxy) is 1. The fraction of sp³-hybridized carbons (Fsp3) is 0.412. The normalized spacial score (nSPS) is 16.5. The highest BCUT2D eigenvalue weighted by molar-refractivity contribution is 7.13. The molecule has 0 unspecified atom stereocenters. The Hall–Kier alpha value is -1.83. The molecule has 8 heteroatoms. The van der Waals surface area contributed by atoms with Gasteiger partial charge in [-0.05, 0) is 25.1 Å². The molecule has 0 aliphatic carbocycles. The summed E-state index contributed by atoms with van der Waals surface area (Å²) in [6, 6.07) is 5.02. The summed E-state index contributed by atoms with van der Waals surface area (Å²) in [6.07, 6.45) is 1.82. The van der Waals surface area contributed by atoms with Crippen LogP contribution in [0.4, 0.5) is 10.8 Å². The maximum atomic E-state index is 12.5. The fourth-order valence-electron chi connectivity index (χ4n) is 2.83. The van der Waals surface area contributed by atoms with Gasteiger partial charge in [0.15, 0.2) is 5.13 Å². The van der Waals surface area contributed by atoms with Crippen molar-refractivity contribution in [2.24, 2.45) is 0 Å². The molecule has 6 nitrogen and oxygen atoms in total. The molecule has 0 saturated carbocycles. The number of benzene rings is 1. The molecular weight excluding hydrogens is 360 g/mol. The first-order valence-electron chi connectivity index (χ1n) is 8.11. The summed E-state index contributed by atoms with van der Waals surface area (Å²) in [5, 5.41) is 6.43. The maximum absolute atomic E-state index is 12.5. The average Bonchev–Trinajstić information content (AvgIpc) is 3.16. The minimum Gasteiger partial charge on any atom is -0.495 e. The highest BCUT2D eigenvalue weighted by atomic mass is 35.5. The van der Waals surface area contributed by atoms with Gasteiger partial charge in [0, 0.05) is 43.4 Å². The number of carbonyl (C=O) groups is 1. The van der Waals surface area contributed by atoms with Crippen LogP contribution in [-0.2, 0) is 4.79 Å². The third-order valence-corrected chi connectivity index (χ3v) is 5.48. The third-order valence-electron chi connectivity index (χ3n) is 4.35. The minimum atomic E-state index is -0.209. The van der Waals surface area contributed by atoms with Crippen LogP contribution in [0.15, 0.2) is 29.8 Å². The Morgan fingerprint density at radius 3 is 2.72 bits per heavy atom. The SMILES string of the molecule is COc1ccc(NC(=O)[C@H](C)N2CCN(c3nccs3)CC2)cc1Cl. The molecule has 3 rings (SSSR count). The molecule has 1 saturated heterocycles. The molecule has 1 amide bonds. The van der Waals surface area contributed by atoms with Crippen molar-refractivity contribution in [1.82, 2.24) is 9.88 Å². The van der Waals surface area contributed by atoms with Crippen molar-refractivity contribution in [3.63, 3.8) is 0 Å². The lowest BCUT2D eigenvalue weighted by Gasteiger charge is -2.37. The third kappa shape index (κ3) is 4.23. The van der Waals surface area contributed by atoms with Gasteiger partial charge in [-0.3, -0.25) is 9.69 Å². The van der Waals surface area contributed by atoms with Crippen LogP contribution in [0.5, 0.6) is 5.75 Å². The van der Waals surface area contributed by atoms with Crippen LogP contribution in [0.25, 0.3) is 0 Å². The molecule has 1 aliphatic rings. The monoisotopic (exact) mass is 380 g/mol. The molecule has 1 aromatic carbocycles. The number of aromatic nitrogens is 1. The first-order valence-corrected chi connectivity index (χ1v) is 9.37. The van der Waals surface area contributed by atoms with Crippen molar-refractivity contribution in [1.29, 1.82) is 0 Å². The number of methoxy groups -OCH3 is 1. The molecule has 0 bridgehead atoms. The van der Waals surface area contributed by atoms with Crippen molar-refractivity contribution in [2.45, 2.75) is 13.0 Å². The molecule has 2 heterocycles. The molecule has 134 valence electrons. The number of halogens is 1. The first-order chi connectivity index (χ1) is 12.1. The van der Waals surface area contributed by atoms with Gasteiger partial charge in [0.2, 0.25) is 5.91 Å². The Labute approximate surface area is 156 Å². The van der Waals surface area contributed by atoms with E-state index in [1.807, 2.05) is 18.5 Å². The van der Waals surface area contributed by atoms with Crippen LogP contribution >= 0.6 is 22.9 Å². The molecule has 1 aliphatic heterocycles. The van der Waals surface area contributed by atoms with Crippen LogP contribution in [0, 0.1) is 0 Å². The quantitative estimate of drug-likeness (QED) is 0.864. The Bertz CT molecular complexity index is 717. The molecule has 25 heavy (non-hydrogen) atoms. The molecule has 0 spiro atoms. The summed E-state index contributed by atoms with van der Waals surface area (Å²) < 4.78 is 5.13. The van der Waals surface area contributed by atoms with E-state index in [0.29, 0.717) is 16.5 Å². The molecule has 1 fully saturated rings. The molecule has 1 N–H and O–H groups in total. The van der Waals surface area contributed by atoms with Crippen LogP contribution < -0.4 is 15.0 Å². The average molecular weight is 381 g/mol. The zero-order valence-electron chi connectivity index (χ0n) is 14.2. The van der Waals surface area contributed by atoms with Gasteiger partial charge in [0.25, 0.3) is 0 Å². The van der Waals surface area contributed by atoms with Crippen molar-refractivity contribution in [3.05, 3.63) is 34.8 Å². The number of carbonyl (C=O) groups excluding carboxylic acids is 1. The zero-order valence-corrected chi connectivity index (χ0v) is 15.8. The second-order valence-corrected chi connectivity index (χ2v) is 7.13. The highest BCUT2D eigenvalue weighted by Gasteiger charge is 2.26. The predicted octanol–water partition coefficient (Wildman–Crippen LogP) is 2.95. The number of nitrogens with zero attached hydrogens (tertiary/aromatic N) is 3. The van der Waals surface area contributed by atoms with E-state index in [4.69, 9.17) is 16.3 Å². The van der Waals surface area contributed by atoms with Crippen LogP contribution in [0.2, 0.25) is 5.02 Å². The van der Waals surface area contributed by atoms with Gasteiger partial charge in [0.05, 0.1) is 18.2 Å². The minimum absolute atomic E-state index is 0.0380. The Kier molecular flexibility index (Phi) is 5.78. The largest absolute Gasteiger partial charge is 0.495 e.